The lowest BCUT2D eigenvalue weighted by Gasteiger charge is -2.12. The molecule has 0 saturated heterocycles. The molecule has 0 fully saturated rings. The maximum absolute atomic E-state index is 11.3. The van der Waals surface area contributed by atoms with Gasteiger partial charge >= 0.3 is 0 Å². The lowest BCUT2D eigenvalue weighted by molar-refractivity contribution is 0.100. The van der Waals surface area contributed by atoms with E-state index in [1.807, 2.05) is 12.1 Å². The van der Waals surface area contributed by atoms with Crippen LogP contribution in [0.2, 0.25) is 0 Å². The SMILES string of the molecule is COc1ccc(Br)cc1Nc1cc(C(N)=O)c(N)cn1. The summed E-state index contributed by atoms with van der Waals surface area (Å²) >= 11 is 3.38. The Morgan fingerprint density at radius 2 is 2.15 bits per heavy atom. The highest BCUT2D eigenvalue weighted by Crippen LogP contribution is 2.30. The predicted octanol–water partition coefficient (Wildman–Crippen LogP) is 2.28. The van der Waals surface area contributed by atoms with Crippen LogP contribution in [0.1, 0.15) is 10.4 Å². The molecule has 0 aliphatic rings. The number of anilines is 3. The molecule has 0 aliphatic heterocycles. The van der Waals surface area contributed by atoms with Crippen LogP contribution in [0.3, 0.4) is 0 Å². The van der Waals surface area contributed by atoms with Crippen LogP contribution in [0.5, 0.6) is 5.75 Å². The summed E-state index contributed by atoms with van der Waals surface area (Å²) in [7, 11) is 1.57. The van der Waals surface area contributed by atoms with Gasteiger partial charge in [-0.1, -0.05) is 15.9 Å². The van der Waals surface area contributed by atoms with Crippen molar-refractivity contribution in [2.75, 3.05) is 18.2 Å². The zero-order valence-corrected chi connectivity index (χ0v) is 12.3. The first-order chi connectivity index (χ1) is 9.51. The molecular formula is C13H13BrN4O2. The average Bonchev–Trinajstić information content (AvgIpc) is 2.41. The zero-order chi connectivity index (χ0) is 14.7. The van der Waals surface area contributed by atoms with Gasteiger partial charge in [-0.05, 0) is 24.3 Å². The maximum atomic E-state index is 11.3. The first-order valence-corrected chi connectivity index (χ1v) is 6.46. The normalized spacial score (nSPS) is 10.1. The molecule has 6 nitrogen and oxygen atoms in total. The summed E-state index contributed by atoms with van der Waals surface area (Å²) in [5, 5.41) is 3.06. The van der Waals surface area contributed by atoms with Crippen molar-refractivity contribution in [3.05, 3.63) is 40.5 Å². The Labute approximate surface area is 124 Å². The number of benzene rings is 1. The van der Waals surface area contributed by atoms with Gasteiger partial charge in [-0.25, -0.2) is 4.98 Å². The van der Waals surface area contributed by atoms with Crippen LogP contribution in [0.4, 0.5) is 17.2 Å². The molecule has 7 heteroatoms. The van der Waals surface area contributed by atoms with Gasteiger partial charge in [-0.2, -0.15) is 0 Å². The highest BCUT2D eigenvalue weighted by Gasteiger charge is 2.10. The summed E-state index contributed by atoms with van der Waals surface area (Å²) in [5.41, 5.74) is 12.1. The van der Waals surface area contributed by atoms with Crippen LogP contribution >= 0.6 is 15.9 Å². The quantitative estimate of drug-likeness (QED) is 0.794. The van der Waals surface area contributed by atoms with Crippen LogP contribution in [-0.4, -0.2) is 18.0 Å². The third-order valence-electron chi connectivity index (χ3n) is 2.62. The summed E-state index contributed by atoms with van der Waals surface area (Å²) in [5.74, 6) is 0.492. The molecule has 1 amide bonds. The number of rotatable bonds is 4. The Morgan fingerprint density at radius 3 is 2.80 bits per heavy atom. The predicted molar refractivity (Wildman–Crippen MR) is 81.1 cm³/mol. The Morgan fingerprint density at radius 1 is 1.40 bits per heavy atom. The molecule has 2 aromatic rings. The van der Waals surface area contributed by atoms with Gasteiger partial charge in [-0.3, -0.25) is 4.79 Å². The summed E-state index contributed by atoms with van der Waals surface area (Å²) in [6.45, 7) is 0. The highest BCUT2D eigenvalue weighted by molar-refractivity contribution is 9.10. The van der Waals surface area contributed by atoms with Gasteiger partial charge in [0.1, 0.15) is 11.6 Å². The first kappa shape index (κ1) is 14.1. The van der Waals surface area contributed by atoms with Crippen LogP contribution in [0, 0.1) is 0 Å². The van der Waals surface area contributed by atoms with E-state index in [-0.39, 0.29) is 11.3 Å². The number of nitrogens with zero attached hydrogens (tertiary/aromatic N) is 1. The lowest BCUT2D eigenvalue weighted by Crippen LogP contribution is -2.14. The number of hydrogen-bond acceptors (Lipinski definition) is 5. The van der Waals surface area contributed by atoms with Gasteiger partial charge in [0.2, 0.25) is 0 Å². The van der Waals surface area contributed by atoms with Crippen LogP contribution in [-0.2, 0) is 0 Å². The van der Waals surface area contributed by atoms with Crippen molar-refractivity contribution in [1.29, 1.82) is 0 Å². The van der Waals surface area contributed by atoms with Crippen molar-refractivity contribution in [3.63, 3.8) is 0 Å². The van der Waals surface area contributed by atoms with E-state index < -0.39 is 5.91 Å². The molecule has 104 valence electrons. The Kier molecular flexibility index (Phi) is 4.09. The molecule has 20 heavy (non-hydrogen) atoms. The van der Waals surface area contributed by atoms with Crippen molar-refractivity contribution in [1.82, 2.24) is 4.98 Å². The third kappa shape index (κ3) is 3.00. The Balaban J connectivity index is 2.37. The second-order valence-electron chi connectivity index (χ2n) is 3.99. The lowest BCUT2D eigenvalue weighted by atomic mass is 10.2. The molecule has 0 atom stereocenters. The van der Waals surface area contributed by atoms with Gasteiger partial charge < -0.3 is 21.5 Å². The Bertz CT molecular complexity index is 661. The molecule has 0 unspecified atom stereocenters. The molecule has 0 spiro atoms. The van der Waals surface area contributed by atoms with Crippen molar-refractivity contribution in [3.8, 4) is 5.75 Å². The largest absolute Gasteiger partial charge is 0.495 e. The van der Waals surface area contributed by atoms with Crippen molar-refractivity contribution in [2.45, 2.75) is 0 Å². The minimum atomic E-state index is -0.603. The van der Waals surface area contributed by atoms with E-state index in [2.05, 4.69) is 26.2 Å². The number of nitrogens with two attached hydrogens (primary N) is 2. The number of nitrogens with one attached hydrogen (secondary N) is 1. The van der Waals surface area contributed by atoms with Crippen LogP contribution in [0.15, 0.2) is 34.9 Å². The summed E-state index contributed by atoms with van der Waals surface area (Å²) in [6.07, 6.45) is 1.38. The Hall–Kier alpha value is -2.28. The number of methoxy groups -OCH3 is 1. The van der Waals surface area contributed by atoms with E-state index in [4.69, 9.17) is 16.2 Å². The minimum Gasteiger partial charge on any atom is -0.495 e. The van der Waals surface area contributed by atoms with E-state index in [1.165, 1.54) is 12.3 Å². The highest BCUT2D eigenvalue weighted by atomic mass is 79.9. The topological polar surface area (TPSA) is 103 Å². The number of ether oxygens (including phenoxy) is 1. The fourth-order valence-electron chi connectivity index (χ4n) is 1.66. The molecule has 2 rings (SSSR count). The van der Waals surface area contributed by atoms with Crippen molar-refractivity contribution >= 4 is 39.0 Å². The number of primary amides is 1. The molecule has 0 bridgehead atoms. The van der Waals surface area contributed by atoms with E-state index in [1.54, 1.807) is 13.2 Å². The number of halogens is 1. The number of hydrogen-bond donors (Lipinski definition) is 3. The van der Waals surface area contributed by atoms with Gasteiger partial charge in [0.25, 0.3) is 5.91 Å². The van der Waals surface area contributed by atoms with Gasteiger partial charge in [0.15, 0.2) is 0 Å². The smallest absolute Gasteiger partial charge is 0.250 e. The second-order valence-corrected chi connectivity index (χ2v) is 4.91. The number of amides is 1. The number of aromatic nitrogens is 1. The van der Waals surface area contributed by atoms with Gasteiger partial charge in [0.05, 0.1) is 30.2 Å². The second kappa shape index (κ2) is 5.79. The van der Waals surface area contributed by atoms with Gasteiger partial charge in [-0.15, -0.1) is 0 Å². The fraction of sp³-hybridized carbons (Fsp3) is 0.0769. The van der Waals surface area contributed by atoms with E-state index >= 15 is 0 Å². The van der Waals surface area contributed by atoms with Gasteiger partial charge in [0, 0.05) is 4.47 Å². The fourth-order valence-corrected chi connectivity index (χ4v) is 2.02. The molecule has 1 heterocycles. The molecule has 1 aromatic carbocycles. The minimum absolute atomic E-state index is 0.219. The standard InChI is InChI=1S/C13H13BrN4O2/c1-20-11-3-2-7(14)4-10(11)18-12-5-8(13(16)19)9(15)6-17-12/h2-6H,15H2,1H3,(H2,16,19)(H,17,18). The number of carbonyl (C=O) groups excluding carboxylic acids is 1. The maximum Gasteiger partial charge on any atom is 0.250 e. The van der Waals surface area contributed by atoms with Crippen LogP contribution < -0.4 is 21.5 Å². The molecule has 0 saturated carbocycles. The van der Waals surface area contributed by atoms with E-state index in [9.17, 15) is 4.79 Å². The zero-order valence-electron chi connectivity index (χ0n) is 10.7. The third-order valence-corrected chi connectivity index (χ3v) is 3.12. The summed E-state index contributed by atoms with van der Waals surface area (Å²) in [6, 6.07) is 6.99. The number of carbonyl (C=O) groups is 1. The van der Waals surface area contributed by atoms with E-state index in [0.717, 1.165) is 4.47 Å². The van der Waals surface area contributed by atoms with Crippen LogP contribution in [0.25, 0.3) is 0 Å². The molecule has 0 aliphatic carbocycles. The summed E-state index contributed by atoms with van der Waals surface area (Å²) < 4.78 is 6.13. The summed E-state index contributed by atoms with van der Waals surface area (Å²) in [4.78, 5) is 15.4. The number of nitrogen functional groups attached to an aromatic ring is 1. The average molecular weight is 337 g/mol. The number of pyridine rings is 1. The monoisotopic (exact) mass is 336 g/mol. The van der Waals surface area contributed by atoms with Crippen molar-refractivity contribution in [2.24, 2.45) is 5.73 Å². The molecule has 5 N–H and O–H groups in total. The molecule has 0 radical (unpaired) electrons. The van der Waals surface area contributed by atoms with E-state index in [0.29, 0.717) is 17.3 Å². The van der Waals surface area contributed by atoms with Crippen molar-refractivity contribution < 1.29 is 9.53 Å². The molecule has 1 aromatic heterocycles. The molecular weight excluding hydrogens is 324 g/mol. The first-order valence-electron chi connectivity index (χ1n) is 5.67.